The van der Waals surface area contributed by atoms with E-state index in [4.69, 9.17) is 16.3 Å². The van der Waals surface area contributed by atoms with Crippen LogP contribution in [0.25, 0.3) is 0 Å². The van der Waals surface area contributed by atoms with Crippen LogP contribution in [0.15, 0.2) is 6.07 Å². The summed E-state index contributed by atoms with van der Waals surface area (Å²) in [4.78, 5) is 11.4. The van der Waals surface area contributed by atoms with Crippen LogP contribution in [0.2, 0.25) is 0 Å². The van der Waals surface area contributed by atoms with Crippen LogP contribution in [0.3, 0.4) is 0 Å². The van der Waals surface area contributed by atoms with Crippen molar-refractivity contribution >= 4 is 17.5 Å². The first kappa shape index (κ1) is 11.5. The number of hydrogen-bond donors (Lipinski definition) is 0. The molecule has 4 nitrogen and oxygen atoms in total. The molecule has 1 fully saturated rings. The van der Waals surface area contributed by atoms with Crippen molar-refractivity contribution in [3.63, 3.8) is 0 Å². The molecular formula is C11H15ClN2O2. The van der Waals surface area contributed by atoms with Gasteiger partial charge in [-0.2, -0.15) is 0 Å². The Hall–Kier alpha value is -1.03. The van der Waals surface area contributed by atoms with Crippen LogP contribution in [-0.2, 0) is 0 Å². The minimum atomic E-state index is -0.0610. The Kier molecular flexibility index (Phi) is 3.49. The summed E-state index contributed by atoms with van der Waals surface area (Å²) in [7, 11) is 0. The molecule has 0 saturated heterocycles. The molecule has 1 saturated carbocycles. The van der Waals surface area contributed by atoms with Crippen LogP contribution in [0.1, 0.15) is 42.6 Å². The second kappa shape index (κ2) is 4.87. The minimum Gasteiger partial charge on any atom is -0.477 e. The number of carbonyl (C=O) groups excluding carboxylic acids is 1. The summed E-state index contributed by atoms with van der Waals surface area (Å²) in [5.41, 5.74) is 0.980. The highest BCUT2D eigenvalue weighted by Crippen LogP contribution is 2.41. The predicted octanol–water partition coefficient (Wildman–Crippen LogP) is 2.43. The number of nitrogens with zero attached hydrogens (tertiary/aromatic N) is 2. The molecule has 0 bridgehead atoms. The molecule has 0 aliphatic heterocycles. The van der Waals surface area contributed by atoms with Gasteiger partial charge in [0.15, 0.2) is 0 Å². The molecule has 1 heterocycles. The summed E-state index contributed by atoms with van der Waals surface area (Å²) in [5, 5.41) is 4.14. The van der Waals surface area contributed by atoms with E-state index in [1.54, 1.807) is 0 Å². The number of rotatable bonds is 5. The fraction of sp³-hybridized carbons (Fsp3) is 0.636. The molecule has 0 radical (unpaired) electrons. The van der Waals surface area contributed by atoms with Crippen molar-refractivity contribution in [2.45, 2.75) is 32.1 Å². The summed E-state index contributed by atoms with van der Waals surface area (Å²) in [5.74, 6) is 1.53. The number of halogens is 1. The molecule has 16 heavy (non-hydrogen) atoms. The third-order valence-corrected chi connectivity index (χ3v) is 2.80. The van der Waals surface area contributed by atoms with Crippen molar-refractivity contribution in [2.75, 3.05) is 12.5 Å². The minimum absolute atomic E-state index is 0.0610. The molecule has 0 spiro atoms. The van der Waals surface area contributed by atoms with E-state index >= 15 is 0 Å². The van der Waals surface area contributed by atoms with Gasteiger partial charge in [-0.25, -0.2) is 4.68 Å². The zero-order valence-electron chi connectivity index (χ0n) is 9.28. The number of aromatic nitrogens is 2. The van der Waals surface area contributed by atoms with Gasteiger partial charge in [-0.3, -0.25) is 4.79 Å². The molecule has 1 aliphatic carbocycles. The lowest BCUT2D eigenvalue weighted by Gasteiger charge is -1.99. The normalized spacial score (nSPS) is 15.1. The average molecular weight is 243 g/mol. The van der Waals surface area contributed by atoms with E-state index in [1.807, 2.05) is 6.07 Å². The summed E-state index contributed by atoms with van der Waals surface area (Å²) in [6.45, 7) is 2.06. The third kappa shape index (κ3) is 2.55. The van der Waals surface area contributed by atoms with Gasteiger partial charge in [0.25, 0.3) is 0 Å². The van der Waals surface area contributed by atoms with Crippen molar-refractivity contribution in [1.82, 2.24) is 9.78 Å². The maximum atomic E-state index is 11.4. The van der Waals surface area contributed by atoms with E-state index in [-0.39, 0.29) is 5.91 Å². The predicted molar refractivity (Wildman–Crippen MR) is 61.3 cm³/mol. The van der Waals surface area contributed by atoms with Crippen molar-refractivity contribution in [1.29, 1.82) is 0 Å². The van der Waals surface area contributed by atoms with Gasteiger partial charge in [0.2, 0.25) is 11.8 Å². The molecule has 2 rings (SSSR count). The summed E-state index contributed by atoms with van der Waals surface area (Å²) < 4.78 is 6.88. The third-order valence-electron chi connectivity index (χ3n) is 2.54. The number of carbonyl (C=O) groups is 1. The van der Waals surface area contributed by atoms with Crippen LogP contribution in [0.5, 0.6) is 5.88 Å². The molecule has 5 heteroatoms. The summed E-state index contributed by atoms with van der Waals surface area (Å²) in [6, 6.07) is 1.87. The second-order valence-corrected chi connectivity index (χ2v) is 4.38. The van der Waals surface area contributed by atoms with Gasteiger partial charge in [0, 0.05) is 24.8 Å². The molecular weight excluding hydrogens is 228 g/mol. The first-order valence-corrected chi connectivity index (χ1v) is 6.05. The van der Waals surface area contributed by atoms with Crippen molar-refractivity contribution in [3.8, 4) is 5.88 Å². The first-order valence-electron chi connectivity index (χ1n) is 5.52. The van der Waals surface area contributed by atoms with Gasteiger partial charge in [-0.1, -0.05) is 0 Å². The highest BCUT2D eigenvalue weighted by Gasteiger charge is 2.29. The zero-order valence-corrected chi connectivity index (χ0v) is 10.0. The smallest absolute Gasteiger partial charge is 0.244 e. The van der Waals surface area contributed by atoms with Crippen LogP contribution in [0.4, 0.5) is 0 Å². The van der Waals surface area contributed by atoms with Gasteiger partial charge < -0.3 is 4.74 Å². The van der Waals surface area contributed by atoms with Gasteiger partial charge in [-0.05, 0) is 19.3 Å². The zero-order chi connectivity index (χ0) is 11.5. The Morgan fingerprint density at radius 3 is 3.00 bits per heavy atom. The monoisotopic (exact) mass is 242 g/mol. The summed E-state index contributed by atoms with van der Waals surface area (Å²) >= 11 is 5.56. The van der Waals surface area contributed by atoms with Gasteiger partial charge in [0.1, 0.15) is 0 Å². The largest absolute Gasteiger partial charge is 0.477 e. The Morgan fingerprint density at radius 2 is 2.44 bits per heavy atom. The maximum absolute atomic E-state index is 11.4. The van der Waals surface area contributed by atoms with E-state index in [2.05, 4.69) is 5.10 Å². The first-order chi connectivity index (χ1) is 7.72. The molecule has 0 atom stereocenters. The van der Waals surface area contributed by atoms with Gasteiger partial charge in [0.05, 0.1) is 12.3 Å². The SMILES string of the molecule is CC(=O)n1nc(OCCCCl)cc1C1CC1. The molecule has 0 aromatic carbocycles. The molecule has 0 unspecified atom stereocenters. The topological polar surface area (TPSA) is 44.1 Å². The number of hydrogen-bond acceptors (Lipinski definition) is 3. The van der Waals surface area contributed by atoms with Crippen LogP contribution < -0.4 is 4.74 Å². The number of alkyl halides is 1. The standard InChI is InChI=1S/C11H15ClN2O2/c1-8(15)14-10(9-3-4-9)7-11(13-14)16-6-2-5-12/h7,9H,2-6H2,1H3. The fourth-order valence-corrected chi connectivity index (χ4v) is 1.71. The maximum Gasteiger partial charge on any atom is 0.244 e. The van der Waals surface area contributed by atoms with Crippen molar-refractivity contribution in [2.24, 2.45) is 0 Å². The van der Waals surface area contributed by atoms with Crippen molar-refractivity contribution < 1.29 is 9.53 Å². The van der Waals surface area contributed by atoms with Crippen LogP contribution in [-0.4, -0.2) is 28.2 Å². The van der Waals surface area contributed by atoms with Gasteiger partial charge in [-0.15, -0.1) is 16.7 Å². The fourth-order valence-electron chi connectivity index (χ4n) is 1.60. The highest BCUT2D eigenvalue weighted by molar-refractivity contribution is 6.17. The molecule has 0 N–H and O–H groups in total. The van der Waals surface area contributed by atoms with E-state index in [0.717, 1.165) is 25.0 Å². The molecule has 1 aliphatic rings. The lowest BCUT2D eigenvalue weighted by Crippen LogP contribution is -2.11. The second-order valence-electron chi connectivity index (χ2n) is 4.00. The van der Waals surface area contributed by atoms with Gasteiger partial charge >= 0.3 is 0 Å². The molecule has 88 valence electrons. The van der Waals surface area contributed by atoms with Crippen LogP contribution >= 0.6 is 11.6 Å². The Morgan fingerprint density at radius 1 is 1.69 bits per heavy atom. The molecule has 1 aromatic rings. The number of ether oxygens (including phenoxy) is 1. The quantitative estimate of drug-likeness (QED) is 0.588. The van der Waals surface area contributed by atoms with E-state index in [0.29, 0.717) is 24.3 Å². The molecule has 0 amide bonds. The Balaban J connectivity index is 2.08. The Bertz CT molecular complexity index is 385. The molecule has 1 aromatic heterocycles. The highest BCUT2D eigenvalue weighted by atomic mass is 35.5. The lowest BCUT2D eigenvalue weighted by molar-refractivity contribution is 0.0915. The van der Waals surface area contributed by atoms with Crippen LogP contribution in [0, 0.1) is 0 Å². The van der Waals surface area contributed by atoms with E-state index < -0.39 is 0 Å². The van der Waals surface area contributed by atoms with E-state index in [9.17, 15) is 4.79 Å². The lowest BCUT2D eigenvalue weighted by atomic mass is 10.3. The van der Waals surface area contributed by atoms with Crippen molar-refractivity contribution in [3.05, 3.63) is 11.8 Å². The Labute approximate surface area is 99.5 Å². The average Bonchev–Trinajstić information content (AvgIpc) is 3.00. The van der Waals surface area contributed by atoms with E-state index in [1.165, 1.54) is 11.6 Å². The summed E-state index contributed by atoms with van der Waals surface area (Å²) in [6.07, 6.45) is 3.06.